The van der Waals surface area contributed by atoms with Crippen LogP contribution in [-0.4, -0.2) is 25.7 Å². The molecule has 0 unspecified atom stereocenters. The molecule has 0 saturated heterocycles. The lowest BCUT2D eigenvalue weighted by atomic mass is 10.2. The first-order chi connectivity index (χ1) is 10.2. The summed E-state index contributed by atoms with van der Waals surface area (Å²) in [6, 6.07) is 7.20. The van der Waals surface area contributed by atoms with Gasteiger partial charge in [-0.05, 0) is 24.6 Å². The van der Waals surface area contributed by atoms with Crippen LogP contribution >= 0.6 is 27.3 Å². The molecule has 2 aromatic heterocycles. The van der Waals surface area contributed by atoms with Gasteiger partial charge < -0.3 is 0 Å². The molecule has 0 atom stereocenters. The molecular weight excluding hydrogens is 354 g/mol. The molecule has 108 valence electrons. The fraction of sp³-hybridized carbons (Fsp3) is 0.231. The Morgan fingerprint density at radius 3 is 3.05 bits per heavy atom. The average molecular weight is 366 g/mol. The second-order valence-electron chi connectivity index (χ2n) is 4.43. The Bertz CT molecular complexity index is 797. The Hall–Kier alpha value is -1.80. The van der Waals surface area contributed by atoms with E-state index < -0.39 is 0 Å². The smallest absolute Gasteiger partial charge is 0.257 e. The summed E-state index contributed by atoms with van der Waals surface area (Å²) in [5, 5.41) is 15.8. The summed E-state index contributed by atoms with van der Waals surface area (Å²) < 4.78 is 2.54. The fourth-order valence-electron chi connectivity index (χ4n) is 1.89. The fourth-order valence-corrected chi connectivity index (χ4v) is 3.04. The van der Waals surface area contributed by atoms with Gasteiger partial charge in [0.2, 0.25) is 10.1 Å². The first-order valence-electron chi connectivity index (χ1n) is 6.45. The van der Waals surface area contributed by atoms with E-state index >= 15 is 0 Å². The van der Waals surface area contributed by atoms with E-state index in [0.717, 1.165) is 23.1 Å². The van der Waals surface area contributed by atoms with Gasteiger partial charge in [-0.15, -0.1) is 15.3 Å². The minimum Gasteiger partial charge on any atom is -0.296 e. The van der Waals surface area contributed by atoms with E-state index in [4.69, 9.17) is 0 Å². The van der Waals surface area contributed by atoms with Gasteiger partial charge in [0.15, 0.2) is 5.82 Å². The van der Waals surface area contributed by atoms with E-state index in [1.165, 1.54) is 11.3 Å². The van der Waals surface area contributed by atoms with Crippen molar-refractivity contribution in [1.82, 2.24) is 19.8 Å². The average Bonchev–Trinajstić information content (AvgIpc) is 3.01. The van der Waals surface area contributed by atoms with Crippen LogP contribution in [0.2, 0.25) is 0 Å². The van der Waals surface area contributed by atoms with Crippen molar-refractivity contribution >= 4 is 43.3 Å². The Labute approximate surface area is 133 Å². The highest BCUT2D eigenvalue weighted by molar-refractivity contribution is 9.10. The van der Waals surface area contributed by atoms with Crippen LogP contribution in [0.4, 0.5) is 5.13 Å². The molecule has 0 radical (unpaired) electrons. The van der Waals surface area contributed by atoms with Crippen LogP contribution in [0, 0.1) is 0 Å². The SMILES string of the molecule is CCCc1nnc2sc(NC(=O)c3cccc(Br)c3)nn12. The maximum Gasteiger partial charge on any atom is 0.257 e. The second-order valence-corrected chi connectivity index (χ2v) is 6.30. The molecule has 1 aromatic carbocycles. The van der Waals surface area contributed by atoms with Crippen molar-refractivity contribution in [1.29, 1.82) is 0 Å². The molecule has 0 aliphatic rings. The third kappa shape index (κ3) is 2.96. The quantitative estimate of drug-likeness (QED) is 0.770. The maximum atomic E-state index is 12.2. The van der Waals surface area contributed by atoms with E-state index in [2.05, 4.69) is 43.5 Å². The Morgan fingerprint density at radius 1 is 1.43 bits per heavy atom. The highest BCUT2D eigenvalue weighted by atomic mass is 79.9. The summed E-state index contributed by atoms with van der Waals surface area (Å²) in [6.45, 7) is 2.07. The van der Waals surface area contributed by atoms with Gasteiger partial charge in [0.1, 0.15) is 0 Å². The van der Waals surface area contributed by atoms with Gasteiger partial charge in [-0.3, -0.25) is 10.1 Å². The van der Waals surface area contributed by atoms with Crippen LogP contribution in [-0.2, 0) is 6.42 Å². The Balaban J connectivity index is 1.83. The van der Waals surface area contributed by atoms with Gasteiger partial charge in [0, 0.05) is 16.5 Å². The number of carbonyl (C=O) groups excluding carboxylic acids is 1. The highest BCUT2D eigenvalue weighted by Crippen LogP contribution is 2.20. The van der Waals surface area contributed by atoms with Gasteiger partial charge >= 0.3 is 0 Å². The summed E-state index contributed by atoms with van der Waals surface area (Å²) in [5.41, 5.74) is 0.573. The lowest BCUT2D eigenvalue weighted by Crippen LogP contribution is -2.12. The predicted octanol–water partition coefficient (Wildman–Crippen LogP) is 3.15. The van der Waals surface area contributed by atoms with Crippen LogP contribution in [0.3, 0.4) is 0 Å². The third-order valence-corrected chi connectivity index (χ3v) is 4.14. The molecule has 0 bridgehead atoms. The van der Waals surface area contributed by atoms with E-state index in [1.54, 1.807) is 16.6 Å². The van der Waals surface area contributed by atoms with Gasteiger partial charge in [-0.1, -0.05) is 40.3 Å². The number of anilines is 1. The van der Waals surface area contributed by atoms with E-state index in [0.29, 0.717) is 15.7 Å². The minimum atomic E-state index is -0.196. The predicted molar refractivity (Wildman–Crippen MR) is 84.7 cm³/mol. The topological polar surface area (TPSA) is 72.2 Å². The molecule has 0 aliphatic carbocycles. The van der Waals surface area contributed by atoms with Crippen LogP contribution in [0.1, 0.15) is 29.5 Å². The van der Waals surface area contributed by atoms with Gasteiger partial charge in [-0.25, -0.2) is 0 Å². The molecular formula is C13H12BrN5OS. The maximum absolute atomic E-state index is 12.2. The summed E-state index contributed by atoms with van der Waals surface area (Å²) >= 11 is 4.65. The van der Waals surface area contributed by atoms with Crippen LogP contribution < -0.4 is 5.32 Å². The summed E-state index contributed by atoms with van der Waals surface area (Å²) in [7, 11) is 0. The third-order valence-electron chi connectivity index (χ3n) is 2.84. The summed E-state index contributed by atoms with van der Waals surface area (Å²) in [5.74, 6) is 0.616. The molecule has 0 aliphatic heterocycles. The van der Waals surface area contributed by atoms with Crippen molar-refractivity contribution in [3.05, 3.63) is 40.1 Å². The molecule has 1 amide bonds. The van der Waals surface area contributed by atoms with Crippen LogP contribution in [0.15, 0.2) is 28.7 Å². The monoisotopic (exact) mass is 365 g/mol. The van der Waals surface area contributed by atoms with Crippen molar-refractivity contribution in [2.45, 2.75) is 19.8 Å². The molecule has 0 spiro atoms. The molecule has 1 N–H and O–H groups in total. The van der Waals surface area contributed by atoms with Crippen molar-refractivity contribution in [2.75, 3.05) is 5.32 Å². The number of amides is 1. The lowest BCUT2D eigenvalue weighted by Gasteiger charge is -2.01. The molecule has 21 heavy (non-hydrogen) atoms. The largest absolute Gasteiger partial charge is 0.296 e. The highest BCUT2D eigenvalue weighted by Gasteiger charge is 2.14. The van der Waals surface area contributed by atoms with E-state index in [1.807, 2.05) is 12.1 Å². The van der Waals surface area contributed by atoms with Gasteiger partial charge in [0.25, 0.3) is 5.91 Å². The number of aryl methyl sites for hydroxylation is 1. The molecule has 8 heteroatoms. The zero-order valence-corrected chi connectivity index (χ0v) is 13.6. The molecule has 3 aromatic rings. The van der Waals surface area contributed by atoms with E-state index in [-0.39, 0.29) is 5.91 Å². The summed E-state index contributed by atoms with van der Waals surface area (Å²) in [6.07, 6.45) is 1.78. The van der Waals surface area contributed by atoms with Crippen molar-refractivity contribution in [3.8, 4) is 0 Å². The van der Waals surface area contributed by atoms with Gasteiger partial charge in [0.05, 0.1) is 0 Å². The summed E-state index contributed by atoms with van der Waals surface area (Å²) in [4.78, 5) is 12.8. The zero-order chi connectivity index (χ0) is 14.8. The number of carbonyl (C=O) groups is 1. The van der Waals surface area contributed by atoms with Crippen molar-refractivity contribution in [2.24, 2.45) is 0 Å². The number of nitrogens with zero attached hydrogens (tertiary/aromatic N) is 4. The number of rotatable bonds is 4. The van der Waals surface area contributed by atoms with Crippen LogP contribution in [0.5, 0.6) is 0 Å². The molecule has 6 nitrogen and oxygen atoms in total. The molecule has 2 heterocycles. The molecule has 3 rings (SSSR count). The zero-order valence-electron chi connectivity index (χ0n) is 11.2. The second kappa shape index (κ2) is 5.90. The van der Waals surface area contributed by atoms with Gasteiger partial charge in [-0.2, -0.15) is 4.52 Å². The Kier molecular flexibility index (Phi) is 3.98. The minimum absolute atomic E-state index is 0.196. The van der Waals surface area contributed by atoms with E-state index in [9.17, 15) is 4.79 Å². The number of hydrogen-bond donors (Lipinski definition) is 1. The standard InChI is InChI=1S/C13H12BrN5OS/c1-2-4-10-16-17-13-19(10)18-12(21-13)15-11(20)8-5-3-6-9(14)7-8/h3,5-7H,2,4H2,1H3,(H,15,18,20). The lowest BCUT2D eigenvalue weighted by molar-refractivity contribution is 0.102. The first-order valence-corrected chi connectivity index (χ1v) is 8.06. The molecule has 0 saturated carbocycles. The van der Waals surface area contributed by atoms with Crippen LogP contribution in [0.25, 0.3) is 4.96 Å². The number of aromatic nitrogens is 4. The van der Waals surface area contributed by atoms with Crippen molar-refractivity contribution in [3.63, 3.8) is 0 Å². The number of fused-ring (bicyclic) bond motifs is 1. The van der Waals surface area contributed by atoms with Crippen molar-refractivity contribution < 1.29 is 4.79 Å². The number of halogens is 1. The first kappa shape index (κ1) is 14.2. The number of hydrogen-bond acceptors (Lipinski definition) is 5. The number of benzene rings is 1. The molecule has 0 fully saturated rings. The Morgan fingerprint density at radius 2 is 2.29 bits per heavy atom. The number of nitrogens with one attached hydrogen (secondary N) is 1. The normalized spacial score (nSPS) is 11.0.